The minimum atomic E-state index is 0.439. The van der Waals surface area contributed by atoms with Crippen molar-refractivity contribution >= 4 is 5.71 Å². The Labute approximate surface area is 92.5 Å². The third-order valence-corrected chi connectivity index (χ3v) is 2.07. The lowest BCUT2D eigenvalue weighted by Crippen LogP contribution is -2.08. The second-order valence-corrected chi connectivity index (χ2v) is 3.14. The maximum absolute atomic E-state index is 8.94. The highest BCUT2D eigenvalue weighted by atomic mass is 16.4. The highest BCUT2D eigenvalue weighted by Gasteiger charge is 2.07. The number of pyridine rings is 1. The Morgan fingerprint density at radius 3 is 2.75 bits per heavy atom. The Morgan fingerprint density at radius 1 is 1.19 bits per heavy atom. The molecule has 1 N–H and O–H groups in total. The van der Waals surface area contributed by atoms with Gasteiger partial charge < -0.3 is 5.21 Å². The molecule has 2 rings (SSSR count). The molecule has 16 heavy (non-hydrogen) atoms. The minimum absolute atomic E-state index is 0.439. The van der Waals surface area contributed by atoms with E-state index in [2.05, 4.69) is 20.1 Å². The summed E-state index contributed by atoms with van der Waals surface area (Å²) in [5.74, 6) is 0. The standard InChI is InChI=1S/C11H10N4O/c16-15-11(10-4-6-12-8-14-10)7-9-3-1-2-5-13-9/h1-6,8,16H,7H2. The fourth-order valence-corrected chi connectivity index (χ4v) is 1.31. The topological polar surface area (TPSA) is 71.3 Å². The number of rotatable bonds is 3. The molecule has 0 bridgehead atoms. The van der Waals surface area contributed by atoms with Crippen LogP contribution < -0.4 is 0 Å². The number of hydrogen-bond donors (Lipinski definition) is 1. The summed E-state index contributed by atoms with van der Waals surface area (Å²) < 4.78 is 0. The van der Waals surface area contributed by atoms with Crippen molar-refractivity contribution in [3.63, 3.8) is 0 Å². The molecule has 0 saturated heterocycles. The van der Waals surface area contributed by atoms with E-state index in [1.165, 1.54) is 6.33 Å². The molecule has 0 aliphatic heterocycles. The first kappa shape index (κ1) is 10.2. The summed E-state index contributed by atoms with van der Waals surface area (Å²) in [4.78, 5) is 12.0. The van der Waals surface area contributed by atoms with E-state index in [1.807, 2.05) is 18.2 Å². The van der Waals surface area contributed by atoms with Gasteiger partial charge in [-0.2, -0.15) is 0 Å². The highest BCUT2D eigenvalue weighted by molar-refractivity contribution is 5.99. The Balaban J connectivity index is 2.20. The summed E-state index contributed by atoms with van der Waals surface area (Å²) in [6, 6.07) is 7.28. The smallest absolute Gasteiger partial charge is 0.116 e. The molecule has 0 amide bonds. The molecule has 80 valence electrons. The lowest BCUT2D eigenvalue weighted by Gasteiger charge is -2.02. The molecule has 2 aromatic rings. The maximum atomic E-state index is 8.94. The van der Waals surface area contributed by atoms with Crippen molar-refractivity contribution in [3.05, 3.63) is 54.4 Å². The molecule has 0 unspecified atom stereocenters. The third-order valence-electron chi connectivity index (χ3n) is 2.07. The van der Waals surface area contributed by atoms with Gasteiger partial charge in [0.1, 0.15) is 12.0 Å². The van der Waals surface area contributed by atoms with Gasteiger partial charge in [0, 0.05) is 24.5 Å². The monoisotopic (exact) mass is 214 g/mol. The molecule has 0 fully saturated rings. The van der Waals surface area contributed by atoms with Gasteiger partial charge in [-0.05, 0) is 18.2 Å². The first-order valence-electron chi connectivity index (χ1n) is 4.77. The normalized spacial score (nSPS) is 11.4. The third kappa shape index (κ3) is 2.38. The largest absolute Gasteiger partial charge is 0.411 e. The van der Waals surface area contributed by atoms with Crippen LogP contribution in [0.25, 0.3) is 0 Å². The van der Waals surface area contributed by atoms with Crippen LogP contribution in [0.15, 0.2) is 48.1 Å². The zero-order valence-electron chi connectivity index (χ0n) is 8.48. The SMILES string of the molecule is ON=C(Cc1ccccn1)c1ccncn1. The first-order chi connectivity index (χ1) is 7.90. The van der Waals surface area contributed by atoms with Crippen LogP contribution in [0.1, 0.15) is 11.4 Å². The summed E-state index contributed by atoms with van der Waals surface area (Å²) in [7, 11) is 0. The van der Waals surface area contributed by atoms with Crippen molar-refractivity contribution in [1.29, 1.82) is 0 Å². The second kappa shape index (κ2) is 4.97. The van der Waals surface area contributed by atoms with Crippen LogP contribution in [0, 0.1) is 0 Å². The molecule has 0 aliphatic rings. The van der Waals surface area contributed by atoms with Gasteiger partial charge in [0.2, 0.25) is 0 Å². The summed E-state index contributed by atoms with van der Waals surface area (Å²) in [5.41, 5.74) is 1.90. The van der Waals surface area contributed by atoms with Crippen LogP contribution in [-0.4, -0.2) is 25.9 Å². The first-order valence-corrected chi connectivity index (χ1v) is 4.77. The summed E-state index contributed by atoms with van der Waals surface area (Å²) in [6.07, 6.45) is 5.16. The van der Waals surface area contributed by atoms with Crippen LogP contribution in [0.3, 0.4) is 0 Å². The van der Waals surface area contributed by atoms with E-state index < -0.39 is 0 Å². The van der Waals surface area contributed by atoms with Gasteiger partial charge in [-0.15, -0.1) is 0 Å². The van der Waals surface area contributed by atoms with E-state index in [0.29, 0.717) is 17.8 Å². The zero-order chi connectivity index (χ0) is 11.2. The Morgan fingerprint density at radius 2 is 2.12 bits per heavy atom. The van der Waals surface area contributed by atoms with Crippen molar-refractivity contribution in [2.75, 3.05) is 0 Å². The van der Waals surface area contributed by atoms with Crippen LogP contribution in [0.2, 0.25) is 0 Å². The number of nitrogens with zero attached hydrogens (tertiary/aromatic N) is 4. The fourth-order valence-electron chi connectivity index (χ4n) is 1.31. The van der Waals surface area contributed by atoms with Gasteiger partial charge >= 0.3 is 0 Å². The fraction of sp³-hybridized carbons (Fsp3) is 0.0909. The summed E-state index contributed by atoms with van der Waals surface area (Å²) >= 11 is 0. The van der Waals surface area contributed by atoms with Crippen molar-refractivity contribution in [2.24, 2.45) is 5.16 Å². The molecule has 0 radical (unpaired) electrons. The van der Waals surface area contributed by atoms with E-state index >= 15 is 0 Å². The van der Waals surface area contributed by atoms with Crippen LogP contribution in [0.4, 0.5) is 0 Å². The zero-order valence-corrected chi connectivity index (χ0v) is 8.48. The van der Waals surface area contributed by atoms with Crippen molar-refractivity contribution in [3.8, 4) is 0 Å². The predicted molar refractivity (Wildman–Crippen MR) is 58.3 cm³/mol. The lowest BCUT2D eigenvalue weighted by molar-refractivity contribution is 0.318. The molecule has 2 aromatic heterocycles. The van der Waals surface area contributed by atoms with Crippen molar-refractivity contribution in [1.82, 2.24) is 15.0 Å². The van der Waals surface area contributed by atoms with Gasteiger partial charge in [-0.3, -0.25) is 4.98 Å². The van der Waals surface area contributed by atoms with Gasteiger partial charge in [-0.25, -0.2) is 9.97 Å². The molecule has 0 spiro atoms. The molecule has 5 heteroatoms. The van der Waals surface area contributed by atoms with Gasteiger partial charge in [0.25, 0.3) is 0 Å². The molecule has 5 nitrogen and oxygen atoms in total. The average molecular weight is 214 g/mol. The van der Waals surface area contributed by atoms with Gasteiger partial charge in [0.15, 0.2) is 0 Å². The van der Waals surface area contributed by atoms with E-state index in [-0.39, 0.29) is 0 Å². The lowest BCUT2D eigenvalue weighted by atomic mass is 10.1. The summed E-state index contributed by atoms with van der Waals surface area (Å²) in [6.45, 7) is 0. The minimum Gasteiger partial charge on any atom is -0.411 e. The van der Waals surface area contributed by atoms with E-state index in [0.717, 1.165) is 5.69 Å². The molecule has 0 atom stereocenters. The van der Waals surface area contributed by atoms with Gasteiger partial charge in [-0.1, -0.05) is 11.2 Å². The Bertz CT molecular complexity index is 470. The van der Waals surface area contributed by atoms with Crippen molar-refractivity contribution in [2.45, 2.75) is 6.42 Å². The maximum Gasteiger partial charge on any atom is 0.116 e. The van der Waals surface area contributed by atoms with E-state index in [1.54, 1.807) is 18.5 Å². The molecule has 0 aromatic carbocycles. The number of oxime groups is 1. The molecule has 2 heterocycles. The molecular formula is C11H10N4O. The second-order valence-electron chi connectivity index (χ2n) is 3.14. The van der Waals surface area contributed by atoms with Crippen LogP contribution >= 0.6 is 0 Å². The number of hydrogen-bond acceptors (Lipinski definition) is 5. The predicted octanol–water partition coefficient (Wildman–Crippen LogP) is 1.29. The highest BCUT2D eigenvalue weighted by Crippen LogP contribution is 2.03. The molecule has 0 aliphatic carbocycles. The molecule has 0 saturated carbocycles. The van der Waals surface area contributed by atoms with Gasteiger partial charge in [0.05, 0.1) is 5.69 Å². The van der Waals surface area contributed by atoms with E-state index in [4.69, 9.17) is 5.21 Å². The van der Waals surface area contributed by atoms with E-state index in [9.17, 15) is 0 Å². The summed E-state index contributed by atoms with van der Waals surface area (Å²) in [5, 5.41) is 12.2. The Kier molecular flexibility index (Phi) is 3.18. The Hall–Kier alpha value is -2.30. The van der Waals surface area contributed by atoms with Crippen LogP contribution in [0.5, 0.6) is 0 Å². The average Bonchev–Trinajstić information content (AvgIpc) is 2.38. The van der Waals surface area contributed by atoms with Crippen LogP contribution in [-0.2, 0) is 6.42 Å². The molecular weight excluding hydrogens is 204 g/mol. The quantitative estimate of drug-likeness (QED) is 0.475. The van der Waals surface area contributed by atoms with Crippen molar-refractivity contribution < 1.29 is 5.21 Å². The number of aromatic nitrogens is 3.